The smallest absolute Gasteiger partial charge is 0.129 e. The molecule has 3 N–H and O–H groups in total. The molecule has 0 aliphatic rings. The van der Waals surface area contributed by atoms with Crippen LogP contribution < -0.4 is 5.73 Å². The van der Waals surface area contributed by atoms with E-state index in [-0.39, 0.29) is 5.82 Å². The number of anilines is 1. The van der Waals surface area contributed by atoms with Gasteiger partial charge in [-0.1, -0.05) is 12.1 Å². The fraction of sp³-hybridized carbons (Fsp3) is 0.214. The Morgan fingerprint density at radius 3 is 2.56 bits per heavy atom. The van der Waals surface area contributed by atoms with Crippen molar-refractivity contribution in [3.63, 3.8) is 0 Å². The Bertz CT molecular complexity index is 520. The number of hydrogen-bond acceptors (Lipinski definition) is 3. The van der Waals surface area contributed by atoms with Gasteiger partial charge in [-0.3, -0.25) is 0 Å². The molecule has 0 aliphatic carbocycles. The number of aryl methyl sites for hydroxylation is 1. The van der Waals surface area contributed by atoms with Crippen LogP contribution in [-0.4, -0.2) is 10.1 Å². The van der Waals surface area contributed by atoms with Gasteiger partial charge >= 0.3 is 0 Å². The second kappa shape index (κ2) is 5.14. The van der Waals surface area contributed by atoms with Gasteiger partial charge in [0.1, 0.15) is 11.6 Å². The monoisotopic (exact) mass is 246 g/mol. The van der Waals surface area contributed by atoms with E-state index in [0.717, 1.165) is 11.1 Å². The lowest BCUT2D eigenvalue weighted by Gasteiger charge is -2.15. The normalized spacial score (nSPS) is 12.4. The Labute approximate surface area is 105 Å². The minimum atomic E-state index is -0.732. The van der Waals surface area contributed by atoms with Crippen LogP contribution in [0.5, 0.6) is 0 Å². The number of benzene rings is 1. The number of aromatic nitrogens is 1. The summed E-state index contributed by atoms with van der Waals surface area (Å²) in [5, 5.41) is 10.2. The second-order valence-corrected chi connectivity index (χ2v) is 4.27. The van der Waals surface area contributed by atoms with Gasteiger partial charge in [0.2, 0.25) is 0 Å². The first-order valence-corrected chi connectivity index (χ1v) is 5.71. The zero-order valence-electron chi connectivity index (χ0n) is 10.1. The molecule has 4 heteroatoms. The highest BCUT2D eigenvalue weighted by Gasteiger charge is 2.15. The van der Waals surface area contributed by atoms with E-state index < -0.39 is 6.10 Å². The van der Waals surface area contributed by atoms with E-state index in [2.05, 4.69) is 4.98 Å². The number of nitrogens with two attached hydrogens (primary N) is 1. The van der Waals surface area contributed by atoms with Crippen molar-refractivity contribution < 1.29 is 9.50 Å². The van der Waals surface area contributed by atoms with E-state index in [1.54, 1.807) is 24.4 Å². The quantitative estimate of drug-likeness (QED) is 0.874. The highest BCUT2D eigenvalue weighted by Crippen LogP contribution is 2.25. The Kier molecular flexibility index (Phi) is 3.58. The van der Waals surface area contributed by atoms with E-state index in [0.29, 0.717) is 17.8 Å². The summed E-state index contributed by atoms with van der Waals surface area (Å²) in [6, 6.07) is 7.86. The molecule has 3 nitrogen and oxygen atoms in total. The third-order valence-electron chi connectivity index (χ3n) is 2.91. The predicted octanol–water partition coefficient (Wildman–Crippen LogP) is 2.39. The molecule has 1 atom stereocenters. The number of aliphatic hydroxyl groups is 1. The van der Waals surface area contributed by atoms with Gasteiger partial charge in [0, 0.05) is 18.2 Å². The van der Waals surface area contributed by atoms with E-state index in [1.807, 2.05) is 6.92 Å². The molecule has 18 heavy (non-hydrogen) atoms. The summed E-state index contributed by atoms with van der Waals surface area (Å²) in [7, 11) is 0. The van der Waals surface area contributed by atoms with E-state index in [1.165, 1.54) is 12.1 Å². The average molecular weight is 246 g/mol. The SMILES string of the molecule is Cc1ccnc(N)c1C(O)Cc1ccc(F)cc1. The maximum atomic E-state index is 12.8. The second-order valence-electron chi connectivity index (χ2n) is 4.27. The summed E-state index contributed by atoms with van der Waals surface area (Å²) in [4.78, 5) is 3.97. The van der Waals surface area contributed by atoms with Gasteiger partial charge in [-0.15, -0.1) is 0 Å². The molecule has 0 bridgehead atoms. The lowest BCUT2D eigenvalue weighted by molar-refractivity contribution is 0.178. The van der Waals surface area contributed by atoms with E-state index >= 15 is 0 Å². The van der Waals surface area contributed by atoms with Crippen LogP contribution in [0.2, 0.25) is 0 Å². The molecule has 1 aromatic carbocycles. The maximum Gasteiger partial charge on any atom is 0.129 e. The number of rotatable bonds is 3. The van der Waals surface area contributed by atoms with Crippen LogP contribution in [0.25, 0.3) is 0 Å². The van der Waals surface area contributed by atoms with Gasteiger partial charge in [-0.25, -0.2) is 9.37 Å². The van der Waals surface area contributed by atoms with E-state index in [9.17, 15) is 9.50 Å². The number of nitrogens with zero attached hydrogens (tertiary/aromatic N) is 1. The fourth-order valence-electron chi connectivity index (χ4n) is 1.97. The van der Waals surface area contributed by atoms with Crippen LogP contribution >= 0.6 is 0 Å². The van der Waals surface area contributed by atoms with Crippen LogP contribution in [0.1, 0.15) is 22.8 Å². The van der Waals surface area contributed by atoms with Crippen molar-refractivity contribution >= 4 is 5.82 Å². The van der Waals surface area contributed by atoms with Gasteiger partial charge in [-0.2, -0.15) is 0 Å². The van der Waals surface area contributed by atoms with Crippen molar-refractivity contribution in [1.29, 1.82) is 0 Å². The standard InChI is InChI=1S/C14H15FN2O/c1-9-6-7-17-14(16)13(9)12(18)8-10-2-4-11(15)5-3-10/h2-7,12,18H,8H2,1H3,(H2,16,17). The van der Waals surface area contributed by atoms with Crippen LogP contribution in [-0.2, 0) is 6.42 Å². The van der Waals surface area contributed by atoms with Crippen LogP contribution in [0, 0.1) is 12.7 Å². The summed E-state index contributed by atoms with van der Waals surface area (Å²) in [5.41, 5.74) is 8.16. The Balaban J connectivity index is 2.22. The van der Waals surface area contributed by atoms with Crippen LogP contribution in [0.3, 0.4) is 0 Å². The summed E-state index contributed by atoms with van der Waals surface area (Å²) >= 11 is 0. The Hall–Kier alpha value is -1.94. The number of halogens is 1. The molecule has 0 saturated heterocycles. The molecule has 0 fully saturated rings. The summed E-state index contributed by atoms with van der Waals surface area (Å²) in [6.07, 6.45) is 1.26. The molecule has 1 unspecified atom stereocenters. The van der Waals surface area contributed by atoms with Gasteiger partial charge < -0.3 is 10.8 Å². The number of nitrogen functional groups attached to an aromatic ring is 1. The molecule has 1 aromatic heterocycles. The lowest BCUT2D eigenvalue weighted by atomic mass is 9.98. The first-order valence-electron chi connectivity index (χ1n) is 5.71. The minimum absolute atomic E-state index is 0.287. The number of aliphatic hydroxyl groups excluding tert-OH is 1. The minimum Gasteiger partial charge on any atom is -0.388 e. The molecule has 0 spiro atoms. The lowest BCUT2D eigenvalue weighted by Crippen LogP contribution is -2.08. The first-order chi connectivity index (χ1) is 8.58. The van der Waals surface area contributed by atoms with Crippen LogP contribution in [0.15, 0.2) is 36.5 Å². The third kappa shape index (κ3) is 2.65. The zero-order valence-corrected chi connectivity index (χ0v) is 10.1. The molecule has 94 valence electrons. The fourth-order valence-corrected chi connectivity index (χ4v) is 1.97. The molecule has 1 heterocycles. The highest BCUT2D eigenvalue weighted by molar-refractivity contribution is 5.45. The topological polar surface area (TPSA) is 59.1 Å². The third-order valence-corrected chi connectivity index (χ3v) is 2.91. The van der Waals surface area contributed by atoms with Crippen molar-refractivity contribution in [2.75, 3.05) is 5.73 Å². The molecule has 0 aliphatic heterocycles. The number of hydrogen-bond donors (Lipinski definition) is 2. The highest BCUT2D eigenvalue weighted by atomic mass is 19.1. The predicted molar refractivity (Wildman–Crippen MR) is 68.5 cm³/mol. The Morgan fingerprint density at radius 2 is 1.94 bits per heavy atom. The van der Waals surface area contributed by atoms with Crippen LogP contribution in [0.4, 0.5) is 10.2 Å². The van der Waals surface area contributed by atoms with Gasteiger partial charge in [0.15, 0.2) is 0 Å². The van der Waals surface area contributed by atoms with Crippen molar-refractivity contribution in [2.24, 2.45) is 0 Å². The molecular weight excluding hydrogens is 231 g/mol. The molecule has 2 rings (SSSR count). The first kappa shape index (κ1) is 12.5. The largest absolute Gasteiger partial charge is 0.388 e. The van der Waals surface area contributed by atoms with E-state index in [4.69, 9.17) is 5.73 Å². The van der Waals surface area contributed by atoms with Crippen molar-refractivity contribution in [1.82, 2.24) is 4.98 Å². The van der Waals surface area contributed by atoms with Gasteiger partial charge in [-0.05, 0) is 36.2 Å². The molecular formula is C14H15FN2O. The summed E-state index contributed by atoms with van der Waals surface area (Å²) in [6.45, 7) is 1.88. The Morgan fingerprint density at radius 1 is 1.28 bits per heavy atom. The van der Waals surface area contributed by atoms with Gasteiger partial charge in [0.25, 0.3) is 0 Å². The van der Waals surface area contributed by atoms with Gasteiger partial charge in [0.05, 0.1) is 6.10 Å². The molecule has 0 radical (unpaired) electrons. The summed E-state index contributed by atoms with van der Waals surface area (Å²) < 4.78 is 12.8. The number of pyridine rings is 1. The van der Waals surface area contributed by atoms with Crippen molar-refractivity contribution in [3.05, 3.63) is 59.0 Å². The molecule has 0 amide bonds. The zero-order chi connectivity index (χ0) is 13.1. The maximum absolute atomic E-state index is 12.8. The average Bonchev–Trinajstić information content (AvgIpc) is 2.32. The van der Waals surface area contributed by atoms with Crippen molar-refractivity contribution in [3.8, 4) is 0 Å². The van der Waals surface area contributed by atoms with Crippen molar-refractivity contribution in [2.45, 2.75) is 19.4 Å². The summed E-state index contributed by atoms with van der Waals surface area (Å²) in [5.74, 6) is 0.0509. The molecule has 2 aromatic rings. The molecule has 0 saturated carbocycles.